The van der Waals surface area contributed by atoms with Crippen molar-refractivity contribution in [3.05, 3.63) is 71.5 Å². The average Bonchev–Trinajstić information content (AvgIpc) is 3.37. The Bertz CT molecular complexity index is 990. The van der Waals surface area contributed by atoms with Crippen molar-refractivity contribution in [3.8, 4) is 5.75 Å². The second kappa shape index (κ2) is 7.75. The summed E-state index contributed by atoms with van der Waals surface area (Å²) in [6, 6.07) is 12.8. The van der Waals surface area contributed by atoms with Crippen LogP contribution in [0.4, 0.5) is 18.9 Å². The molecule has 152 valence electrons. The van der Waals surface area contributed by atoms with Gasteiger partial charge in [0.2, 0.25) is 0 Å². The molecule has 0 amide bonds. The smallest absolute Gasteiger partial charge is 0.416 e. The maximum absolute atomic E-state index is 12.9. The Morgan fingerprint density at radius 3 is 2.79 bits per heavy atom. The van der Waals surface area contributed by atoms with Gasteiger partial charge >= 0.3 is 6.18 Å². The summed E-state index contributed by atoms with van der Waals surface area (Å²) in [4.78, 5) is 2.04. The highest BCUT2D eigenvalue weighted by Gasteiger charge is 2.31. The fourth-order valence-corrected chi connectivity index (χ4v) is 3.31. The van der Waals surface area contributed by atoms with Gasteiger partial charge in [0.1, 0.15) is 11.4 Å². The maximum atomic E-state index is 12.9. The van der Waals surface area contributed by atoms with Crippen molar-refractivity contribution >= 4 is 5.69 Å². The Balaban J connectivity index is 1.52. The largest absolute Gasteiger partial charge is 0.497 e. The van der Waals surface area contributed by atoms with Crippen LogP contribution in [0.5, 0.6) is 5.75 Å². The molecule has 9 heteroatoms. The SMILES string of the molecule is COc1cccc(N2CCO[C@@H]2c2cn(Cc3cccc(C(F)(F)F)c3)nn2)c1. The fourth-order valence-electron chi connectivity index (χ4n) is 3.31. The molecule has 1 aliphatic heterocycles. The molecule has 3 aromatic rings. The summed E-state index contributed by atoms with van der Waals surface area (Å²) in [5, 5.41) is 8.24. The van der Waals surface area contributed by atoms with E-state index in [0.717, 1.165) is 23.6 Å². The number of rotatable bonds is 5. The summed E-state index contributed by atoms with van der Waals surface area (Å²) in [5.41, 5.74) is 1.34. The van der Waals surface area contributed by atoms with Crippen LogP contribution in [0.2, 0.25) is 0 Å². The molecule has 0 saturated carbocycles. The molecule has 6 nitrogen and oxygen atoms in total. The molecule has 1 atom stereocenters. The van der Waals surface area contributed by atoms with Gasteiger partial charge in [0, 0.05) is 18.3 Å². The number of aromatic nitrogens is 3. The van der Waals surface area contributed by atoms with E-state index in [4.69, 9.17) is 9.47 Å². The Hall–Kier alpha value is -3.07. The number of anilines is 1. The van der Waals surface area contributed by atoms with Gasteiger partial charge in [-0.2, -0.15) is 13.2 Å². The van der Waals surface area contributed by atoms with Gasteiger partial charge in [-0.25, -0.2) is 4.68 Å². The number of nitrogens with zero attached hydrogens (tertiary/aromatic N) is 4. The predicted octanol–water partition coefficient (Wildman–Crippen LogP) is 3.89. The number of hydrogen-bond acceptors (Lipinski definition) is 5. The molecule has 1 saturated heterocycles. The summed E-state index contributed by atoms with van der Waals surface area (Å²) in [7, 11) is 1.61. The first-order valence-electron chi connectivity index (χ1n) is 9.02. The van der Waals surface area contributed by atoms with E-state index in [1.807, 2.05) is 29.2 Å². The molecule has 1 fully saturated rings. The monoisotopic (exact) mass is 404 g/mol. The zero-order valence-corrected chi connectivity index (χ0v) is 15.6. The highest BCUT2D eigenvalue weighted by molar-refractivity contribution is 5.52. The third-order valence-corrected chi connectivity index (χ3v) is 4.68. The summed E-state index contributed by atoms with van der Waals surface area (Å²) >= 11 is 0. The van der Waals surface area contributed by atoms with Crippen LogP contribution in [0, 0.1) is 0 Å². The molecule has 2 heterocycles. The van der Waals surface area contributed by atoms with E-state index in [1.165, 1.54) is 10.7 Å². The lowest BCUT2D eigenvalue weighted by Gasteiger charge is -2.23. The van der Waals surface area contributed by atoms with Crippen LogP contribution < -0.4 is 9.64 Å². The summed E-state index contributed by atoms with van der Waals surface area (Å²) < 4.78 is 51.3. The first-order valence-corrected chi connectivity index (χ1v) is 9.02. The number of ether oxygens (including phenoxy) is 2. The molecule has 0 N–H and O–H groups in total. The van der Waals surface area contributed by atoms with Gasteiger partial charge in [-0.3, -0.25) is 0 Å². The standard InChI is InChI=1S/C20H19F3N4O2/c1-28-17-7-3-6-16(11-17)27-8-9-29-19(27)18-13-26(25-24-18)12-14-4-2-5-15(10-14)20(21,22)23/h2-7,10-11,13,19H,8-9,12H2,1H3/t19-/m1/s1. The maximum Gasteiger partial charge on any atom is 0.416 e. The van der Waals surface area contributed by atoms with E-state index >= 15 is 0 Å². The number of halogens is 3. The average molecular weight is 404 g/mol. The second-order valence-corrected chi connectivity index (χ2v) is 6.66. The van der Waals surface area contributed by atoms with Crippen LogP contribution in [-0.4, -0.2) is 35.3 Å². The van der Waals surface area contributed by atoms with Crippen LogP contribution in [0.3, 0.4) is 0 Å². The molecule has 4 rings (SSSR count). The van der Waals surface area contributed by atoms with E-state index < -0.39 is 18.0 Å². The molecule has 0 radical (unpaired) electrons. The van der Waals surface area contributed by atoms with Crippen LogP contribution in [-0.2, 0) is 17.5 Å². The van der Waals surface area contributed by atoms with Crippen LogP contribution in [0.15, 0.2) is 54.7 Å². The van der Waals surface area contributed by atoms with Gasteiger partial charge in [0.25, 0.3) is 0 Å². The third kappa shape index (κ3) is 4.19. The molecule has 0 bridgehead atoms. The number of methoxy groups -OCH3 is 1. The van der Waals surface area contributed by atoms with E-state index in [-0.39, 0.29) is 6.54 Å². The minimum absolute atomic E-state index is 0.183. The first kappa shape index (κ1) is 19.3. The third-order valence-electron chi connectivity index (χ3n) is 4.68. The van der Waals surface area contributed by atoms with Gasteiger partial charge in [0.15, 0.2) is 6.23 Å². The van der Waals surface area contributed by atoms with Crippen LogP contribution in [0.25, 0.3) is 0 Å². The normalized spacial score (nSPS) is 17.0. The lowest BCUT2D eigenvalue weighted by Crippen LogP contribution is -2.23. The Morgan fingerprint density at radius 1 is 1.17 bits per heavy atom. The topological polar surface area (TPSA) is 52.4 Å². The lowest BCUT2D eigenvalue weighted by molar-refractivity contribution is -0.137. The fraction of sp³-hybridized carbons (Fsp3) is 0.300. The number of hydrogen-bond donors (Lipinski definition) is 0. The quantitative estimate of drug-likeness (QED) is 0.646. The van der Waals surface area contributed by atoms with E-state index in [1.54, 1.807) is 19.4 Å². The van der Waals surface area contributed by atoms with Crippen molar-refractivity contribution in [2.24, 2.45) is 0 Å². The molecule has 1 aliphatic rings. The lowest BCUT2D eigenvalue weighted by atomic mass is 10.1. The highest BCUT2D eigenvalue weighted by Crippen LogP contribution is 2.33. The number of benzene rings is 2. The summed E-state index contributed by atoms with van der Waals surface area (Å²) in [6.45, 7) is 1.39. The van der Waals surface area contributed by atoms with Crippen molar-refractivity contribution in [1.29, 1.82) is 0 Å². The van der Waals surface area contributed by atoms with Crippen molar-refractivity contribution in [2.45, 2.75) is 18.9 Å². The van der Waals surface area contributed by atoms with Crippen LogP contribution in [0.1, 0.15) is 23.0 Å². The number of alkyl halides is 3. The van der Waals surface area contributed by atoms with E-state index in [9.17, 15) is 13.2 Å². The summed E-state index contributed by atoms with van der Waals surface area (Å²) in [6.07, 6.45) is -3.10. The van der Waals surface area contributed by atoms with Crippen molar-refractivity contribution in [1.82, 2.24) is 15.0 Å². The molecular formula is C20H19F3N4O2. The zero-order chi connectivity index (χ0) is 20.4. The van der Waals surface area contributed by atoms with Crippen molar-refractivity contribution in [2.75, 3.05) is 25.2 Å². The van der Waals surface area contributed by atoms with Gasteiger partial charge in [-0.1, -0.05) is 23.4 Å². The van der Waals surface area contributed by atoms with Crippen LogP contribution >= 0.6 is 0 Å². The molecule has 2 aromatic carbocycles. The minimum atomic E-state index is -4.38. The highest BCUT2D eigenvalue weighted by atomic mass is 19.4. The van der Waals surface area contributed by atoms with Gasteiger partial charge in [-0.05, 0) is 29.8 Å². The Labute approximate surface area is 165 Å². The van der Waals surface area contributed by atoms with E-state index in [2.05, 4.69) is 10.3 Å². The molecular weight excluding hydrogens is 385 g/mol. The summed E-state index contributed by atoms with van der Waals surface area (Å²) in [5.74, 6) is 0.737. The van der Waals surface area contributed by atoms with Gasteiger partial charge < -0.3 is 14.4 Å². The van der Waals surface area contributed by atoms with Crippen molar-refractivity contribution in [3.63, 3.8) is 0 Å². The second-order valence-electron chi connectivity index (χ2n) is 6.66. The first-order chi connectivity index (χ1) is 13.9. The van der Waals surface area contributed by atoms with Gasteiger partial charge in [-0.15, -0.1) is 5.10 Å². The van der Waals surface area contributed by atoms with Crippen molar-refractivity contribution < 1.29 is 22.6 Å². The molecule has 0 unspecified atom stereocenters. The minimum Gasteiger partial charge on any atom is -0.497 e. The molecule has 0 spiro atoms. The zero-order valence-electron chi connectivity index (χ0n) is 15.6. The predicted molar refractivity (Wildman–Crippen MR) is 99.6 cm³/mol. The molecule has 29 heavy (non-hydrogen) atoms. The molecule has 0 aliphatic carbocycles. The Kier molecular flexibility index (Phi) is 5.14. The molecule has 1 aromatic heterocycles. The Morgan fingerprint density at radius 2 is 2.00 bits per heavy atom. The van der Waals surface area contributed by atoms with Gasteiger partial charge in [0.05, 0.1) is 32.0 Å². The van der Waals surface area contributed by atoms with E-state index in [0.29, 0.717) is 24.4 Å².